The summed E-state index contributed by atoms with van der Waals surface area (Å²) in [6.07, 6.45) is 1.67. The van der Waals surface area contributed by atoms with E-state index in [1.807, 2.05) is 50.2 Å². The van der Waals surface area contributed by atoms with Crippen LogP contribution in [-0.2, 0) is 4.79 Å². The van der Waals surface area contributed by atoms with Gasteiger partial charge in [0.05, 0.1) is 12.7 Å². The van der Waals surface area contributed by atoms with Crippen molar-refractivity contribution in [2.75, 3.05) is 7.11 Å². The van der Waals surface area contributed by atoms with E-state index in [2.05, 4.69) is 0 Å². The molecule has 0 radical (unpaired) electrons. The second-order valence-electron chi connectivity index (χ2n) is 4.98. The highest BCUT2D eigenvalue weighted by atomic mass is 16.5. The average molecular weight is 282 g/mol. The van der Waals surface area contributed by atoms with Gasteiger partial charge in [-0.15, -0.1) is 0 Å². The molecule has 0 aliphatic rings. The van der Waals surface area contributed by atoms with E-state index in [0.29, 0.717) is 11.3 Å². The molecule has 0 amide bonds. The van der Waals surface area contributed by atoms with Gasteiger partial charge >= 0.3 is 5.97 Å². The van der Waals surface area contributed by atoms with Gasteiger partial charge in [0.25, 0.3) is 0 Å². The summed E-state index contributed by atoms with van der Waals surface area (Å²) in [5.74, 6) is -0.415. The molecule has 0 aliphatic heterocycles. The minimum atomic E-state index is -0.972. The lowest BCUT2D eigenvalue weighted by molar-refractivity contribution is -0.130. The van der Waals surface area contributed by atoms with E-state index in [4.69, 9.17) is 4.74 Å². The average Bonchev–Trinajstić information content (AvgIpc) is 2.44. The minimum absolute atomic E-state index is 0.223. The Morgan fingerprint density at radius 1 is 1.10 bits per heavy atom. The predicted octanol–water partition coefficient (Wildman–Crippen LogP) is 3.94. The number of benzene rings is 2. The van der Waals surface area contributed by atoms with Crippen molar-refractivity contribution in [3.8, 4) is 5.75 Å². The number of carboxylic acids is 1. The molecule has 2 aromatic rings. The Balaban J connectivity index is 2.59. The first-order chi connectivity index (χ1) is 10.0. The Kier molecular flexibility index (Phi) is 4.43. The quantitative estimate of drug-likeness (QED) is 0.682. The van der Waals surface area contributed by atoms with Crippen molar-refractivity contribution in [1.82, 2.24) is 0 Å². The third-order valence-electron chi connectivity index (χ3n) is 3.23. The van der Waals surface area contributed by atoms with E-state index < -0.39 is 5.97 Å². The lowest BCUT2D eigenvalue weighted by Gasteiger charge is -2.10. The van der Waals surface area contributed by atoms with E-state index in [1.165, 1.54) is 0 Å². The van der Waals surface area contributed by atoms with Crippen molar-refractivity contribution in [2.45, 2.75) is 13.8 Å². The first-order valence-corrected chi connectivity index (χ1v) is 6.68. The maximum Gasteiger partial charge on any atom is 0.336 e. The highest BCUT2D eigenvalue weighted by molar-refractivity contribution is 6.21. The van der Waals surface area contributed by atoms with E-state index in [9.17, 15) is 9.90 Å². The van der Waals surface area contributed by atoms with E-state index in [0.717, 1.165) is 16.7 Å². The smallest absolute Gasteiger partial charge is 0.336 e. The van der Waals surface area contributed by atoms with Crippen molar-refractivity contribution in [3.63, 3.8) is 0 Å². The van der Waals surface area contributed by atoms with Crippen LogP contribution in [0.2, 0.25) is 0 Å². The van der Waals surface area contributed by atoms with Gasteiger partial charge in [-0.25, -0.2) is 4.79 Å². The molecule has 1 N–H and O–H groups in total. The number of hydrogen-bond acceptors (Lipinski definition) is 2. The van der Waals surface area contributed by atoms with Crippen molar-refractivity contribution < 1.29 is 14.6 Å². The molecule has 0 fully saturated rings. The van der Waals surface area contributed by atoms with Gasteiger partial charge in [-0.05, 0) is 37.6 Å². The highest BCUT2D eigenvalue weighted by Crippen LogP contribution is 2.29. The first-order valence-electron chi connectivity index (χ1n) is 6.68. The van der Waals surface area contributed by atoms with Crippen LogP contribution in [0.3, 0.4) is 0 Å². The van der Waals surface area contributed by atoms with Gasteiger partial charge in [0, 0.05) is 5.56 Å². The normalized spacial score (nSPS) is 11.3. The third-order valence-corrected chi connectivity index (χ3v) is 3.23. The molecule has 2 rings (SSSR count). The van der Waals surface area contributed by atoms with Crippen LogP contribution in [-0.4, -0.2) is 18.2 Å². The van der Waals surface area contributed by atoms with Gasteiger partial charge in [0.1, 0.15) is 5.75 Å². The van der Waals surface area contributed by atoms with Crippen LogP contribution in [0, 0.1) is 13.8 Å². The summed E-state index contributed by atoms with van der Waals surface area (Å²) < 4.78 is 5.29. The fraction of sp³-hybridized carbons (Fsp3) is 0.167. The summed E-state index contributed by atoms with van der Waals surface area (Å²) in [7, 11) is 1.54. The Morgan fingerprint density at radius 3 is 2.43 bits per heavy atom. The molecular formula is C18H18O3. The van der Waals surface area contributed by atoms with Crippen LogP contribution >= 0.6 is 0 Å². The van der Waals surface area contributed by atoms with Crippen molar-refractivity contribution >= 4 is 17.6 Å². The van der Waals surface area contributed by atoms with Crippen LogP contribution in [0.4, 0.5) is 0 Å². The number of ether oxygens (including phenoxy) is 1. The van der Waals surface area contributed by atoms with Gasteiger partial charge in [-0.1, -0.05) is 41.5 Å². The number of methoxy groups -OCH3 is 1. The van der Waals surface area contributed by atoms with Gasteiger partial charge in [0.15, 0.2) is 0 Å². The Hall–Kier alpha value is -2.55. The van der Waals surface area contributed by atoms with E-state index >= 15 is 0 Å². The zero-order chi connectivity index (χ0) is 15.4. The molecule has 0 unspecified atom stereocenters. The molecule has 3 nitrogen and oxygen atoms in total. The summed E-state index contributed by atoms with van der Waals surface area (Å²) in [5.41, 5.74) is 3.75. The van der Waals surface area contributed by atoms with Crippen molar-refractivity contribution in [3.05, 3.63) is 64.7 Å². The molecule has 0 heterocycles. The Morgan fingerprint density at radius 2 is 1.81 bits per heavy atom. The summed E-state index contributed by atoms with van der Waals surface area (Å²) >= 11 is 0. The zero-order valence-electron chi connectivity index (χ0n) is 12.4. The van der Waals surface area contributed by atoms with E-state index in [1.54, 1.807) is 19.3 Å². The molecule has 0 saturated heterocycles. The first kappa shape index (κ1) is 14.9. The second-order valence-corrected chi connectivity index (χ2v) is 4.98. The lowest BCUT2D eigenvalue weighted by atomic mass is 9.99. The van der Waals surface area contributed by atoms with Gasteiger partial charge in [-0.3, -0.25) is 0 Å². The fourth-order valence-corrected chi connectivity index (χ4v) is 2.21. The molecule has 0 spiro atoms. The van der Waals surface area contributed by atoms with Crippen LogP contribution in [0.1, 0.15) is 22.3 Å². The maximum atomic E-state index is 11.6. The summed E-state index contributed by atoms with van der Waals surface area (Å²) in [6, 6.07) is 13.2. The molecule has 2 aromatic carbocycles. The monoisotopic (exact) mass is 282 g/mol. The molecule has 108 valence electrons. The molecule has 0 aromatic heterocycles. The Labute approximate surface area is 124 Å². The fourth-order valence-electron chi connectivity index (χ4n) is 2.21. The molecular weight excluding hydrogens is 264 g/mol. The van der Waals surface area contributed by atoms with Gasteiger partial charge in [0.2, 0.25) is 0 Å². The van der Waals surface area contributed by atoms with Crippen LogP contribution in [0.25, 0.3) is 11.6 Å². The summed E-state index contributed by atoms with van der Waals surface area (Å²) in [6.45, 7) is 3.90. The number of aryl methyl sites for hydroxylation is 2. The zero-order valence-corrected chi connectivity index (χ0v) is 12.4. The van der Waals surface area contributed by atoms with Crippen LogP contribution in [0.5, 0.6) is 5.75 Å². The molecule has 0 bridgehead atoms. The molecule has 0 aliphatic carbocycles. The standard InChI is InChI=1S/C18H18O3/c1-12-5-4-6-14(9-12)11-16(18(19)20)15-10-13(2)7-8-17(15)21-3/h4-11H,1-3H3,(H,19,20)/b16-11-. The predicted molar refractivity (Wildman–Crippen MR) is 84.4 cm³/mol. The van der Waals surface area contributed by atoms with E-state index in [-0.39, 0.29) is 5.57 Å². The number of hydrogen-bond donors (Lipinski definition) is 1. The van der Waals surface area contributed by atoms with Crippen molar-refractivity contribution in [1.29, 1.82) is 0 Å². The number of aliphatic carboxylic acids is 1. The largest absolute Gasteiger partial charge is 0.496 e. The van der Waals surface area contributed by atoms with Crippen molar-refractivity contribution in [2.24, 2.45) is 0 Å². The van der Waals surface area contributed by atoms with Crippen LogP contribution < -0.4 is 4.74 Å². The maximum absolute atomic E-state index is 11.6. The summed E-state index contributed by atoms with van der Waals surface area (Å²) in [5, 5.41) is 9.54. The minimum Gasteiger partial charge on any atom is -0.496 e. The summed E-state index contributed by atoms with van der Waals surface area (Å²) in [4.78, 5) is 11.6. The number of rotatable bonds is 4. The van der Waals surface area contributed by atoms with Gasteiger partial charge in [-0.2, -0.15) is 0 Å². The molecule has 21 heavy (non-hydrogen) atoms. The number of carboxylic acid groups (broad SMARTS) is 1. The third kappa shape index (κ3) is 3.51. The Bertz CT molecular complexity index is 699. The lowest BCUT2D eigenvalue weighted by Crippen LogP contribution is -2.02. The molecule has 0 saturated carbocycles. The number of carbonyl (C=O) groups is 1. The molecule has 0 atom stereocenters. The SMILES string of the molecule is COc1ccc(C)cc1/C(=C/c1cccc(C)c1)C(=O)O. The second kappa shape index (κ2) is 6.27. The highest BCUT2D eigenvalue weighted by Gasteiger charge is 2.15. The topological polar surface area (TPSA) is 46.5 Å². The van der Waals surface area contributed by atoms with Gasteiger partial charge < -0.3 is 9.84 Å². The molecule has 3 heteroatoms. The van der Waals surface area contributed by atoms with Crippen LogP contribution in [0.15, 0.2) is 42.5 Å².